The smallest absolute Gasteiger partial charge is 0.223 e. The minimum absolute atomic E-state index is 0.146. The van der Waals surface area contributed by atoms with Crippen LogP contribution in [0.5, 0.6) is 0 Å². The van der Waals surface area contributed by atoms with Crippen molar-refractivity contribution in [2.24, 2.45) is 5.92 Å². The van der Waals surface area contributed by atoms with Crippen molar-refractivity contribution in [1.82, 2.24) is 24.6 Å². The Kier molecular flexibility index (Phi) is 5.47. The zero-order valence-corrected chi connectivity index (χ0v) is 18.0. The molecule has 164 valence electrons. The number of likely N-dealkylation sites (tertiary alicyclic amines) is 1. The average Bonchev–Trinajstić information content (AvgIpc) is 3.53. The van der Waals surface area contributed by atoms with Crippen molar-refractivity contribution < 1.29 is 9.18 Å². The maximum atomic E-state index is 13.4. The lowest BCUT2D eigenvalue weighted by Crippen LogP contribution is -2.34. The van der Waals surface area contributed by atoms with E-state index in [4.69, 9.17) is 4.98 Å². The van der Waals surface area contributed by atoms with Gasteiger partial charge in [0.1, 0.15) is 5.82 Å². The molecule has 7 heteroatoms. The van der Waals surface area contributed by atoms with Crippen LogP contribution in [0.15, 0.2) is 61.1 Å². The highest BCUT2D eigenvalue weighted by molar-refractivity contribution is 5.79. The van der Waals surface area contributed by atoms with Crippen LogP contribution in [0.1, 0.15) is 25.3 Å². The fraction of sp³-hybridized carbons (Fsp3) is 0.320. The largest absolute Gasteiger partial charge is 0.346 e. The first-order valence-electron chi connectivity index (χ1n) is 11.1. The van der Waals surface area contributed by atoms with E-state index in [0.29, 0.717) is 18.8 Å². The lowest BCUT2D eigenvalue weighted by atomic mass is 10.1. The molecule has 1 aliphatic rings. The number of fused-ring (bicyclic) bond motifs is 1. The standard InChI is InChI=1S/C25H26FN5O/c1-17-11-19(16-31(17)25(32)8-5-18-3-2-4-21(26)12-18)15-30-10-9-23-24(30)7-6-22(29-23)20-13-27-28-14-20/h2-4,6-7,9-10,12-14,17,19H,5,8,11,15-16H2,1H3,(H,27,28)/t17-,19-/m0/s1. The number of nitrogens with one attached hydrogen (secondary N) is 1. The second-order valence-corrected chi connectivity index (χ2v) is 8.68. The van der Waals surface area contributed by atoms with Gasteiger partial charge in [0.2, 0.25) is 5.91 Å². The SMILES string of the molecule is C[C@H]1C[C@@H](Cn2ccc3nc(-c4cn[nH]c4)ccc32)CN1C(=O)CCc1cccc(F)c1. The van der Waals surface area contributed by atoms with Crippen molar-refractivity contribution >= 4 is 16.9 Å². The van der Waals surface area contributed by atoms with Gasteiger partial charge >= 0.3 is 0 Å². The first-order valence-corrected chi connectivity index (χ1v) is 11.1. The van der Waals surface area contributed by atoms with Crippen LogP contribution in [0.2, 0.25) is 0 Å². The summed E-state index contributed by atoms with van der Waals surface area (Å²) in [6, 6.07) is 12.9. The average molecular weight is 432 g/mol. The summed E-state index contributed by atoms with van der Waals surface area (Å²) in [5, 5.41) is 6.82. The second-order valence-electron chi connectivity index (χ2n) is 8.68. The number of H-pyrrole nitrogens is 1. The number of carbonyl (C=O) groups is 1. The van der Waals surface area contributed by atoms with Gasteiger partial charge in [-0.05, 0) is 61.6 Å². The molecule has 0 unspecified atom stereocenters. The summed E-state index contributed by atoms with van der Waals surface area (Å²) < 4.78 is 15.6. The van der Waals surface area contributed by atoms with Gasteiger partial charge in [-0.2, -0.15) is 5.10 Å². The van der Waals surface area contributed by atoms with E-state index in [0.717, 1.165) is 47.4 Å². The number of carbonyl (C=O) groups excluding carboxylic acids is 1. The third-order valence-electron chi connectivity index (χ3n) is 6.37. The number of pyridine rings is 1. The summed E-state index contributed by atoms with van der Waals surface area (Å²) in [4.78, 5) is 19.6. The molecular formula is C25H26FN5O. The van der Waals surface area contributed by atoms with E-state index in [-0.39, 0.29) is 17.8 Å². The number of benzene rings is 1. The van der Waals surface area contributed by atoms with Crippen LogP contribution in [-0.2, 0) is 17.8 Å². The van der Waals surface area contributed by atoms with E-state index in [1.165, 1.54) is 12.1 Å². The third-order valence-corrected chi connectivity index (χ3v) is 6.37. The molecule has 3 aromatic heterocycles. The zero-order valence-electron chi connectivity index (χ0n) is 18.0. The summed E-state index contributed by atoms with van der Waals surface area (Å²) >= 11 is 0. The first kappa shape index (κ1) is 20.4. The molecule has 1 N–H and O–H groups in total. The van der Waals surface area contributed by atoms with E-state index in [9.17, 15) is 9.18 Å². The number of hydrogen-bond acceptors (Lipinski definition) is 3. The van der Waals surface area contributed by atoms with Gasteiger partial charge < -0.3 is 9.47 Å². The van der Waals surface area contributed by atoms with E-state index < -0.39 is 0 Å². The fourth-order valence-corrected chi connectivity index (χ4v) is 4.77. The lowest BCUT2D eigenvalue weighted by molar-refractivity contribution is -0.131. The molecule has 1 amide bonds. The lowest BCUT2D eigenvalue weighted by Gasteiger charge is -2.21. The van der Waals surface area contributed by atoms with Gasteiger partial charge in [0.15, 0.2) is 0 Å². The van der Waals surface area contributed by atoms with Crippen LogP contribution in [0.3, 0.4) is 0 Å². The Labute approximate surface area is 186 Å². The molecule has 0 radical (unpaired) electrons. The van der Waals surface area contributed by atoms with E-state index in [1.807, 2.05) is 29.3 Å². The minimum atomic E-state index is -0.255. The Hall–Kier alpha value is -3.48. The van der Waals surface area contributed by atoms with Gasteiger partial charge in [-0.15, -0.1) is 0 Å². The summed E-state index contributed by atoms with van der Waals surface area (Å²) in [6.45, 7) is 3.73. The molecule has 0 bridgehead atoms. The van der Waals surface area contributed by atoms with Gasteiger partial charge in [-0.1, -0.05) is 12.1 Å². The molecular weight excluding hydrogens is 405 g/mol. The van der Waals surface area contributed by atoms with Crippen LogP contribution in [0, 0.1) is 11.7 Å². The second kappa shape index (κ2) is 8.57. The highest BCUT2D eigenvalue weighted by Crippen LogP contribution is 2.28. The van der Waals surface area contributed by atoms with Crippen LogP contribution < -0.4 is 0 Å². The van der Waals surface area contributed by atoms with Crippen molar-refractivity contribution in [3.8, 4) is 11.3 Å². The highest BCUT2D eigenvalue weighted by atomic mass is 19.1. The van der Waals surface area contributed by atoms with Crippen LogP contribution >= 0.6 is 0 Å². The van der Waals surface area contributed by atoms with Gasteiger partial charge in [0.25, 0.3) is 0 Å². The summed E-state index contributed by atoms with van der Waals surface area (Å²) in [5.74, 6) is 0.287. The maximum absolute atomic E-state index is 13.4. The zero-order chi connectivity index (χ0) is 22.1. The number of nitrogens with zero attached hydrogens (tertiary/aromatic N) is 4. The number of halogens is 1. The molecule has 1 aliphatic heterocycles. The molecule has 1 aromatic carbocycles. The van der Waals surface area contributed by atoms with Crippen molar-refractivity contribution in [2.75, 3.05) is 6.54 Å². The predicted octanol–water partition coefficient (Wildman–Crippen LogP) is 4.44. The molecule has 2 atom stereocenters. The number of aryl methyl sites for hydroxylation is 1. The summed E-state index contributed by atoms with van der Waals surface area (Å²) in [5.41, 5.74) is 4.78. The summed E-state index contributed by atoms with van der Waals surface area (Å²) in [7, 11) is 0. The number of amides is 1. The number of rotatable bonds is 6. The van der Waals surface area contributed by atoms with Crippen molar-refractivity contribution in [3.05, 3.63) is 72.4 Å². The van der Waals surface area contributed by atoms with E-state index in [2.05, 4.69) is 34.0 Å². The monoisotopic (exact) mass is 431 g/mol. The molecule has 0 aliphatic carbocycles. The van der Waals surface area contributed by atoms with Gasteiger partial charge in [-0.3, -0.25) is 9.89 Å². The Balaban J connectivity index is 1.23. The molecule has 4 aromatic rings. The van der Waals surface area contributed by atoms with Crippen molar-refractivity contribution in [2.45, 2.75) is 38.8 Å². The molecule has 1 saturated heterocycles. The molecule has 4 heterocycles. The van der Waals surface area contributed by atoms with Crippen LogP contribution in [0.25, 0.3) is 22.3 Å². The number of aromatic amines is 1. The molecule has 0 saturated carbocycles. The van der Waals surface area contributed by atoms with Crippen molar-refractivity contribution in [1.29, 1.82) is 0 Å². The predicted molar refractivity (Wildman–Crippen MR) is 121 cm³/mol. The fourth-order valence-electron chi connectivity index (χ4n) is 4.77. The number of hydrogen-bond donors (Lipinski definition) is 1. The van der Waals surface area contributed by atoms with E-state index >= 15 is 0 Å². The maximum Gasteiger partial charge on any atom is 0.223 e. The Morgan fingerprint density at radius 2 is 2.16 bits per heavy atom. The molecule has 5 rings (SSSR count). The minimum Gasteiger partial charge on any atom is -0.346 e. The van der Waals surface area contributed by atoms with Crippen molar-refractivity contribution in [3.63, 3.8) is 0 Å². The first-order chi connectivity index (χ1) is 15.6. The normalized spacial score (nSPS) is 18.5. The molecule has 32 heavy (non-hydrogen) atoms. The van der Waals surface area contributed by atoms with Crippen LogP contribution in [-0.4, -0.2) is 43.1 Å². The molecule has 0 spiro atoms. The highest BCUT2D eigenvalue weighted by Gasteiger charge is 2.32. The Bertz CT molecular complexity index is 1230. The quantitative estimate of drug-likeness (QED) is 0.491. The topological polar surface area (TPSA) is 66.8 Å². The van der Waals surface area contributed by atoms with E-state index in [1.54, 1.807) is 12.3 Å². The molecule has 6 nitrogen and oxygen atoms in total. The molecule has 1 fully saturated rings. The van der Waals surface area contributed by atoms with Crippen LogP contribution in [0.4, 0.5) is 4.39 Å². The van der Waals surface area contributed by atoms with Gasteiger partial charge in [0.05, 0.1) is 22.9 Å². The van der Waals surface area contributed by atoms with Gasteiger partial charge in [0, 0.05) is 43.5 Å². The summed E-state index contributed by atoms with van der Waals surface area (Å²) in [6.07, 6.45) is 7.64. The number of aromatic nitrogens is 4. The Morgan fingerprint density at radius 1 is 1.25 bits per heavy atom. The van der Waals surface area contributed by atoms with Gasteiger partial charge in [-0.25, -0.2) is 9.37 Å². The Morgan fingerprint density at radius 3 is 2.97 bits per heavy atom. The third kappa shape index (κ3) is 4.15.